The van der Waals surface area contributed by atoms with Crippen LogP contribution in [-0.2, 0) is 6.61 Å². The van der Waals surface area contributed by atoms with Crippen LogP contribution >= 0.6 is 0 Å². The van der Waals surface area contributed by atoms with Gasteiger partial charge in [0.1, 0.15) is 18.2 Å². The van der Waals surface area contributed by atoms with Gasteiger partial charge >= 0.3 is 0 Å². The third-order valence-electron chi connectivity index (χ3n) is 3.08. The lowest BCUT2D eigenvalue weighted by Crippen LogP contribution is -2.11. The number of nitro groups is 1. The van der Waals surface area contributed by atoms with Crippen molar-refractivity contribution in [2.75, 3.05) is 0 Å². The maximum Gasteiger partial charge on any atom is 0.276 e. The molecule has 0 aromatic heterocycles. The van der Waals surface area contributed by atoms with Crippen LogP contribution in [0.4, 0.5) is 5.69 Å². The van der Waals surface area contributed by atoms with Gasteiger partial charge in [0.05, 0.1) is 10.5 Å². The van der Waals surface area contributed by atoms with Crippen LogP contribution in [0.15, 0.2) is 42.5 Å². The summed E-state index contributed by atoms with van der Waals surface area (Å²) in [7, 11) is 0. The minimum atomic E-state index is -0.432. The molecule has 2 rings (SSSR count). The summed E-state index contributed by atoms with van der Waals surface area (Å²) in [5.74, 6) is 0.459. The first-order valence-corrected chi connectivity index (χ1v) is 6.29. The summed E-state index contributed by atoms with van der Waals surface area (Å²) in [6, 6.07) is 11.9. The molecule has 2 aromatic carbocycles. The zero-order chi connectivity index (χ0) is 15.4. The smallest absolute Gasteiger partial charge is 0.276 e. The van der Waals surface area contributed by atoms with Gasteiger partial charge in [0.25, 0.3) is 5.69 Å². The molecule has 6 nitrogen and oxygen atoms in total. The molecule has 0 aliphatic heterocycles. The van der Waals surface area contributed by atoms with Crippen LogP contribution in [0.3, 0.4) is 0 Å². The molecule has 21 heavy (non-hydrogen) atoms. The fourth-order valence-electron chi connectivity index (χ4n) is 1.95. The highest BCUT2D eigenvalue weighted by Gasteiger charge is 2.14. The van der Waals surface area contributed by atoms with E-state index in [2.05, 4.69) is 0 Å². The van der Waals surface area contributed by atoms with Crippen molar-refractivity contribution in [3.05, 3.63) is 69.3 Å². The summed E-state index contributed by atoms with van der Waals surface area (Å²) in [6.07, 6.45) is 0. The van der Waals surface area contributed by atoms with Gasteiger partial charge in [0.2, 0.25) is 0 Å². The van der Waals surface area contributed by atoms with Crippen molar-refractivity contribution >= 4 is 11.5 Å². The third kappa shape index (κ3) is 3.36. The minimum absolute atomic E-state index is 0.0108. The molecule has 3 N–H and O–H groups in total. The lowest BCUT2D eigenvalue weighted by Gasteiger charge is -2.10. The summed E-state index contributed by atoms with van der Waals surface area (Å²) in [5.41, 5.74) is 7.42. The first-order valence-electron chi connectivity index (χ1n) is 6.29. The second-order valence-electron chi connectivity index (χ2n) is 4.56. The predicted octanol–water partition coefficient (Wildman–Crippen LogP) is 2.77. The second kappa shape index (κ2) is 6.04. The average Bonchev–Trinajstić information content (AvgIpc) is 2.46. The lowest BCUT2D eigenvalue weighted by molar-refractivity contribution is -0.385. The number of amidine groups is 1. The number of benzene rings is 2. The number of rotatable bonds is 5. The fraction of sp³-hybridized carbons (Fsp3) is 0.133. The van der Waals surface area contributed by atoms with Crippen LogP contribution in [-0.4, -0.2) is 10.8 Å². The maximum atomic E-state index is 10.9. The van der Waals surface area contributed by atoms with Crippen molar-refractivity contribution in [2.24, 2.45) is 5.73 Å². The Morgan fingerprint density at radius 1 is 1.33 bits per heavy atom. The number of nitrogens with one attached hydrogen (secondary N) is 1. The van der Waals surface area contributed by atoms with E-state index in [-0.39, 0.29) is 18.1 Å². The van der Waals surface area contributed by atoms with Crippen molar-refractivity contribution in [1.29, 1.82) is 5.41 Å². The first-order chi connectivity index (χ1) is 9.99. The van der Waals surface area contributed by atoms with E-state index in [1.54, 1.807) is 37.3 Å². The molecule has 0 heterocycles. The van der Waals surface area contributed by atoms with E-state index in [0.29, 0.717) is 16.9 Å². The normalized spacial score (nSPS) is 10.1. The Labute approximate surface area is 121 Å². The zero-order valence-corrected chi connectivity index (χ0v) is 11.5. The van der Waals surface area contributed by atoms with Gasteiger partial charge in [-0.05, 0) is 24.6 Å². The van der Waals surface area contributed by atoms with Gasteiger partial charge in [0, 0.05) is 11.6 Å². The van der Waals surface area contributed by atoms with E-state index < -0.39 is 4.92 Å². The monoisotopic (exact) mass is 285 g/mol. The van der Waals surface area contributed by atoms with Crippen molar-refractivity contribution in [1.82, 2.24) is 0 Å². The molecular formula is C15H15N3O3. The Morgan fingerprint density at radius 3 is 2.71 bits per heavy atom. The quantitative estimate of drug-likeness (QED) is 0.381. The van der Waals surface area contributed by atoms with Crippen LogP contribution in [0.5, 0.6) is 5.75 Å². The van der Waals surface area contributed by atoms with Crippen LogP contribution in [0, 0.1) is 22.4 Å². The highest BCUT2D eigenvalue weighted by molar-refractivity contribution is 5.95. The van der Waals surface area contributed by atoms with Crippen LogP contribution in [0.1, 0.15) is 16.7 Å². The van der Waals surface area contributed by atoms with Gasteiger partial charge in [-0.1, -0.05) is 24.3 Å². The number of nitro benzene ring substituents is 1. The predicted molar refractivity (Wildman–Crippen MR) is 79.6 cm³/mol. The average molecular weight is 285 g/mol. The Bertz CT molecular complexity index is 698. The molecule has 6 heteroatoms. The second-order valence-corrected chi connectivity index (χ2v) is 4.56. The Kier molecular flexibility index (Phi) is 4.18. The standard InChI is InChI=1S/C15H15N3O3/c1-10-13(18(19)20)6-3-7-14(10)21-9-11-4-2-5-12(8-11)15(16)17/h2-8H,9H2,1H3,(H3,16,17). The number of nitrogens with two attached hydrogens (primary N) is 1. The molecule has 0 aliphatic carbocycles. The molecule has 0 spiro atoms. The third-order valence-corrected chi connectivity index (χ3v) is 3.08. The molecule has 2 aromatic rings. The fourth-order valence-corrected chi connectivity index (χ4v) is 1.95. The minimum Gasteiger partial charge on any atom is -0.488 e. The van der Waals surface area contributed by atoms with E-state index in [1.807, 2.05) is 6.07 Å². The van der Waals surface area contributed by atoms with Gasteiger partial charge in [0.15, 0.2) is 0 Å². The molecule has 0 saturated heterocycles. The molecule has 0 saturated carbocycles. The van der Waals surface area contributed by atoms with E-state index in [9.17, 15) is 10.1 Å². The van der Waals surface area contributed by atoms with Crippen LogP contribution in [0.25, 0.3) is 0 Å². The molecule has 0 unspecified atom stereocenters. The molecule has 108 valence electrons. The zero-order valence-electron chi connectivity index (χ0n) is 11.5. The molecule has 0 atom stereocenters. The molecule has 0 radical (unpaired) electrons. The lowest BCUT2D eigenvalue weighted by atomic mass is 10.1. The first kappa shape index (κ1) is 14.5. The van der Waals surface area contributed by atoms with Crippen molar-refractivity contribution in [3.8, 4) is 5.75 Å². The molecular weight excluding hydrogens is 270 g/mol. The van der Waals surface area contributed by atoms with Crippen molar-refractivity contribution in [3.63, 3.8) is 0 Å². The van der Waals surface area contributed by atoms with Crippen molar-refractivity contribution < 1.29 is 9.66 Å². The number of hydrogen-bond acceptors (Lipinski definition) is 4. The molecule has 0 bridgehead atoms. The Hall–Kier alpha value is -2.89. The number of nitrogen functional groups attached to an aromatic ring is 1. The number of hydrogen-bond donors (Lipinski definition) is 2. The molecule has 0 amide bonds. The van der Waals surface area contributed by atoms with Crippen molar-refractivity contribution in [2.45, 2.75) is 13.5 Å². The summed E-state index contributed by atoms with van der Waals surface area (Å²) < 4.78 is 5.63. The van der Waals surface area contributed by atoms with Gasteiger partial charge in [-0.2, -0.15) is 0 Å². The molecule has 0 aliphatic rings. The Balaban J connectivity index is 2.17. The van der Waals surface area contributed by atoms with E-state index >= 15 is 0 Å². The SMILES string of the molecule is Cc1c(OCc2cccc(C(=N)N)c2)cccc1[N+](=O)[O-]. The summed E-state index contributed by atoms with van der Waals surface area (Å²) >= 11 is 0. The summed E-state index contributed by atoms with van der Waals surface area (Å²) in [4.78, 5) is 10.4. The van der Waals surface area contributed by atoms with Gasteiger partial charge in [-0.15, -0.1) is 0 Å². The Morgan fingerprint density at radius 2 is 2.05 bits per heavy atom. The highest BCUT2D eigenvalue weighted by atomic mass is 16.6. The van der Waals surface area contributed by atoms with E-state index in [1.165, 1.54) is 6.07 Å². The molecule has 0 fully saturated rings. The van der Waals surface area contributed by atoms with Crippen LogP contribution in [0.2, 0.25) is 0 Å². The summed E-state index contributed by atoms with van der Waals surface area (Å²) in [6.45, 7) is 1.91. The number of nitrogens with zero attached hydrogens (tertiary/aromatic N) is 1. The largest absolute Gasteiger partial charge is 0.488 e. The van der Waals surface area contributed by atoms with Gasteiger partial charge in [-0.25, -0.2) is 0 Å². The summed E-state index contributed by atoms with van der Waals surface area (Å²) in [5, 5.41) is 18.3. The van der Waals surface area contributed by atoms with Crippen LogP contribution < -0.4 is 10.5 Å². The number of ether oxygens (including phenoxy) is 1. The topological polar surface area (TPSA) is 102 Å². The maximum absolute atomic E-state index is 10.9. The van der Waals surface area contributed by atoms with Gasteiger partial charge < -0.3 is 10.5 Å². The van der Waals surface area contributed by atoms with E-state index in [0.717, 1.165) is 5.56 Å². The highest BCUT2D eigenvalue weighted by Crippen LogP contribution is 2.27. The van der Waals surface area contributed by atoms with E-state index in [4.69, 9.17) is 15.9 Å². The van der Waals surface area contributed by atoms with Gasteiger partial charge in [-0.3, -0.25) is 15.5 Å².